The molecule has 1 aliphatic heterocycles. The van der Waals surface area contributed by atoms with Gasteiger partial charge in [0.25, 0.3) is 0 Å². The summed E-state index contributed by atoms with van der Waals surface area (Å²) in [4.78, 5) is 9.55. The molecule has 1 saturated carbocycles. The first-order valence-corrected chi connectivity index (χ1v) is 10.8. The molecule has 1 aromatic carbocycles. The Morgan fingerprint density at radius 3 is 2.33 bits per heavy atom. The minimum atomic E-state index is 0.579. The fraction of sp³-hybridized carbons (Fsp3) is 0.682. The van der Waals surface area contributed by atoms with Crippen LogP contribution in [-0.4, -0.2) is 61.6 Å². The third kappa shape index (κ3) is 6.22. The molecule has 5 heteroatoms. The van der Waals surface area contributed by atoms with Gasteiger partial charge in [-0.1, -0.05) is 50.5 Å². The van der Waals surface area contributed by atoms with Crippen molar-refractivity contribution in [3.8, 4) is 0 Å². The van der Waals surface area contributed by atoms with Gasteiger partial charge in [0.15, 0.2) is 5.96 Å². The first kappa shape index (κ1) is 20.2. The molecule has 0 spiro atoms. The van der Waals surface area contributed by atoms with Gasteiger partial charge in [0.05, 0.1) is 0 Å². The van der Waals surface area contributed by atoms with E-state index >= 15 is 0 Å². The number of nitrogens with one attached hydrogen (secondary N) is 2. The molecule has 1 aromatic rings. The van der Waals surface area contributed by atoms with E-state index in [1.54, 1.807) is 0 Å². The minimum absolute atomic E-state index is 0.579. The van der Waals surface area contributed by atoms with Gasteiger partial charge >= 0.3 is 0 Å². The summed E-state index contributed by atoms with van der Waals surface area (Å²) >= 11 is 0. The zero-order valence-electron chi connectivity index (χ0n) is 17.2. The van der Waals surface area contributed by atoms with Crippen LogP contribution >= 0.6 is 0 Å². The molecule has 0 atom stereocenters. The van der Waals surface area contributed by atoms with Crippen molar-refractivity contribution in [2.45, 2.75) is 58.2 Å². The van der Waals surface area contributed by atoms with Crippen molar-refractivity contribution < 1.29 is 0 Å². The van der Waals surface area contributed by atoms with Crippen LogP contribution in [-0.2, 0) is 13.1 Å². The van der Waals surface area contributed by atoms with Crippen molar-refractivity contribution in [3.63, 3.8) is 0 Å². The first-order chi connectivity index (χ1) is 13.3. The molecule has 150 valence electrons. The number of hydrogen-bond donors (Lipinski definition) is 2. The molecule has 5 nitrogen and oxygen atoms in total. The Morgan fingerprint density at radius 1 is 1.00 bits per heavy atom. The summed E-state index contributed by atoms with van der Waals surface area (Å²) in [5.41, 5.74) is 2.81. The molecule has 3 rings (SSSR count). The van der Waals surface area contributed by atoms with Crippen LogP contribution in [0.25, 0.3) is 0 Å². The third-order valence-corrected chi connectivity index (χ3v) is 6.04. The SMILES string of the molecule is CCN1CCN(Cc2ccccc2CNC(=NC)NC2CCCCC2)CC1. The standard InChI is InChI=1S/C22H37N5/c1-3-26-13-15-27(16-14-26)18-20-10-8-7-9-19(20)17-24-22(23-2)25-21-11-5-4-6-12-21/h7-10,21H,3-6,11-18H2,1-2H3,(H2,23,24,25). The number of guanidine groups is 1. The van der Waals surface area contributed by atoms with E-state index in [1.807, 2.05) is 7.05 Å². The average molecular weight is 372 g/mol. The average Bonchev–Trinajstić information content (AvgIpc) is 2.73. The zero-order valence-corrected chi connectivity index (χ0v) is 17.2. The lowest BCUT2D eigenvalue weighted by molar-refractivity contribution is 0.131. The van der Waals surface area contributed by atoms with Gasteiger partial charge in [-0.05, 0) is 30.5 Å². The molecule has 2 aliphatic rings. The molecule has 27 heavy (non-hydrogen) atoms. The highest BCUT2D eigenvalue weighted by atomic mass is 15.3. The van der Waals surface area contributed by atoms with E-state index in [-0.39, 0.29) is 0 Å². The molecular formula is C22H37N5. The van der Waals surface area contributed by atoms with E-state index in [0.29, 0.717) is 6.04 Å². The van der Waals surface area contributed by atoms with Gasteiger partial charge in [0.1, 0.15) is 0 Å². The molecule has 0 bridgehead atoms. The van der Waals surface area contributed by atoms with Crippen LogP contribution in [0.15, 0.2) is 29.3 Å². The van der Waals surface area contributed by atoms with Crippen molar-refractivity contribution in [3.05, 3.63) is 35.4 Å². The smallest absolute Gasteiger partial charge is 0.191 e. The Morgan fingerprint density at radius 2 is 1.67 bits per heavy atom. The molecule has 2 N–H and O–H groups in total. The number of aliphatic imine (C=N–C) groups is 1. The first-order valence-electron chi connectivity index (χ1n) is 10.8. The van der Waals surface area contributed by atoms with Gasteiger partial charge in [-0.2, -0.15) is 0 Å². The summed E-state index contributed by atoms with van der Waals surface area (Å²) in [5, 5.41) is 7.15. The van der Waals surface area contributed by atoms with Crippen LogP contribution in [0.2, 0.25) is 0 Å². The van der Waals surface area contributed by atoms with Gasteiger partial charge < -0.3 is 15.5 Å². The monoisotopic (exact) mass is 371 g/mol. The van der Waals surface area contributed by atoms with Crippen molar-refractivity contribution >= 4 is 5.96 Å². The number of hydrogen-bond acceptors (Lipinski definition) is 3. The van der Waals surface area contributed by atoms with E-state index in [1.165, 1.54) is 76.0 Å². The van der Waals surface area contributed by atoms with Gasteiger partial charge in [-0.15, -0.1) is 0 Å². The lowest BCUT2D eigenvalue weighted by Crippen LogP contribution is -2.46. The van der Waals surface area contributed by atoms with Crippen LogP contribution in [0.1, 0.15) is 50.2 Å². The largest absolute Gasteiger partial charge is 0.354 e. The molecule has 0 radical (unpaired) electrons. The highest BCUT2D eigenvalue weighted by Crippen LogP contribution is 2.17. The van der Waals surface area contributed by atoms with Crippen LogP contribution in [0.5, 0.6) is 0 Å². The van der Waals surface area contributed by atoms with Crippen LogP contribution in [0, 0.1) is 0 Å². The fourth-order valence-electron chi connectivity index (χ4n) is 4.20. The summed E-state index contributed by atoms with van der Waals surface area (Å²) in [6.07, 6.45) is 6.58. The predicted octanol–water partition coefficient (Wildman–Crippen LogP) is 2.82. The number of likely N-dealkylation sites (N-methyl/N-ethyl adjacent to an activating group) is 1. The van der Waals surface area contributed by atoms with Crippen LogP contribution < -0.4 is 10.6 Å². The minimum Gasteiger partial charge on any atom is -0.354 e. The van der Waals surface area contributed by atoms with Crippen molar-refractivity contribution in [2.75, 3.05) is 39.8 Å². The second-order valence-corrected chi connectivity index (χ2v) is 7.88. The van der Waals surface area contributed by atoms with E-state index in [2.05, 4.69) is 56.6 Å². The molecule has 1 saturated heterocycles. The fourth-order valence-corrected chi connectivity index (χ4v) is 4.20. The molecule has 1 aliphatic carbocycles. The summed E-state index contributed by atoms with van der Waals surface area (Å²) in [6.45, 7) is 10.0. The molecule has 0 unspecified atom stereocenters. The summed E-state index contributed by atoms with van der Waals surface area (Å²) < 4.78 is 0. The van der Waals surface area contributed by atoms with Crippen molar-refractivity contribution in [2.24, 2.45) is 4.99 Å². The zero-order chi connectivity index (χ0) is 18.9. The van der Waals surface area contributed by atoms with E-state index < -0.39 is 0 Å². The van der Waals surface area contributed by atoms with E-state index in [0.717, 1.165) is 19.0 Å². The van der Waals surface area contributed by atoms with E-state index in [4.69, 9.17) is 0 Å². The molecular weight excluding hydrogens is 334 g/mol. The number of piperazine rings is 1. The maximum absolute atomic E-state index is 4.44. The van der Waals surface area contributed by atoms with Gasteiger partial charge in [-0.25, -0.2) is 0 Å². The summed E-state index contributed by atoms with van der Waals surface area (Å²) in [6, 6.07) is 9.41. The second kappa shape index (κ2) is 10.7. The lowest BCUT2D eigenvalue weighted by Gasteiger charge is -2.34. The molecule has 0 aromatic heterocycles. The topological polar surface area (TPSA) is 42.9 Å². The summed E-state index contributed by atoms with van der Waals surface area (Å²) in [5.74, 6) is 0.938. The van der Waals surface area contributed by atoms with Crippen LogP contribution in [0.3, 0.4) is 0 Å². The number of rotatable bonds is 6. The lowest BCUT2D eigenvalue weighted by atomic mass is 9.96. The Hall–Kier alpha value is -1.59. The number of nitrogens with zero attached hydrogens (tertiary/aromatic N) is 3. The van der Waals surface area contributed by atoms with Gasteiger partial charge in [-0.3, -0.25) is 9.89 Å². The summed E-state index contributed by atoms with van der Waals surface area (Å²) in [7, 11) is 1.87. The third-order valence-electron chi connectivity index (χ3n) is 6.04. The Bertz CT molecular complexity index is 586. The van der Waals surface area contributed by atoms with Crippen LogP contribution in [0.4, 0.5) is 0 Å². The van der Waals surface area contributed by atoms with Gasteiger partial charge in [0.2, 0.25) is 0 Å². The molecule has 0 amide bonds. The van der Waals surface area contributed by atoms with Crippen molar-refractivity contribution in [1.82, 2.24) is 20.4 Å². The highest BCUT2D eigenvalue weighted by molar-refractivity contribution is 5.80. The molecule has 1 heterocycles. The van der Waals surface area contributed by atoms with E-state index in [9.17, 15) is 0 Å². The van der Waals surface area contributed by atoms with Crippen molar-refractivity contribution in [1.29, 1.82) is 0 Å². The predicted molar refractivity (Wildman–Crippen MR) is 114 cm³/mol. The van der Waals surface area contributed by atoms with Gasteiger partial charge in [0, 0.05) is 52.4 Å². The maximum atomic E-state index is 4.44. The Labute approximate surface area is 165 Å². The Balaban J connectivity index is 1.52. The highest BCUT2D eigenvalue weighted by Gasteiger charge is 2.17. The maximum Gasteiger partial charge on any atom is 0.191 e. The quantitative estimate of drug-likeness (QED) is 0.596. The molecule has 2 fully saturated rings. The second-order valence-electron chi connectivity index (χ2n) is 7.88. The Kier molecular flexibility index (Phi) is 7.96. The number of benzene rings is 1. The normalized spacial score (nSPS) is 20.6.